The maximum atomic E-state index is 9.16. The second-order valence-electron chi connectivity index (χ2n) is 2.35. The summed E-state index contributed by atoms with van der Waals surface area (Å²) in [6.45, 7) is 1.83. The van der Waals surface area contributed by atoms with Crippen LogP contribution in [0.25, 0.3) is 0 Å². The number of hydrogen-bond acceptors (Lipinski definition) is 2. The first kappa shape index (κ1) is 15.6. The van der Waals surface area contributed by atoms with Crippen molar-refractivity contribution in [3.05, 3.63) is 32.8 Å². The molecule has 0 bridgehead atoms. The van der Waals surface area contributed by atoms with Gasteiger partial charge in [-0.2, -0.15) is 8.42 Å². The first-order chi connectivity index (χ1) is 6.63. The van der Waals surface area contributed by atoms with Crippen LogP contribution in [0.5, 0.6) is 0 Å². The van der Waals surface area contributed by atoms with Crippen molar-refractivity contribution >= 4 is 64.4 Å². The molecule has 1 aromatic carbocycles. The minimum atomic E-state index is -3.72. The van der Waals surface area contributed by atoms with Gasteiger partial charge in [-0.3, -0.25) is 0 Å². The summed E-state index contributed by atoms with van der Waals surface area (Å²) in [5, 5.41) is 1.73. The second-order valence-corrected chi connectivity index (χ2v) is 7.21. The summed E-state index contributed by atoms with van der Waals surface area (Å²) in [5.41, 5.74) is 0.829. The van der Waals surface area contributed by atoms with E-state index in [1.165, 1.54) is 0 Å². The van der Waals surface area contributed by atoms with Gasteiger partial charge in [0.1, 0.15) is 0 Å². The van der Waals surface area contributed by atoms with Gasteiger partial charge in [-0.15, -0.1) is 0 Å². The predicted molar refractivity (Wildman–Crippen MR) is 66.8 cm³/mol. The number of benzene rings is 1. The quantitative estimate of drug-likeness (QED) is 0.512. The Morgan fingerprint density at radius 1 is 1.00 bits per heavy atom. The lowest BCUT2D eigenvalue weighted by molar-refractivity contribution is 0.621. The molecule has 2 nitrogen and oxygen atoms in total. The van der Waals surface area contributed by atoms with Gasteiger partial charge in [0.05, 0.1) is 10.0 Å². The van der Waals surface area contributed by atoms with Crippen LogP contribution >= 0.6 is 56.2 Å². The molecule has 0 heterocycles. The largest absolute Gasteiger partial charge is 0.317 e. The van der Waals surface area contributed by atoms with Crippen molar-refractivity contribution in [3.8, 4) is 0 Å². The third-order valence-electron chi connectivity index (χ3n) is 1.27. The molecule has 0 fully saturated rings. The molecule has 0 spiro atoms. The predicted octanol–water partition coefficient (Wildman–Crippen LogP) is 4.66. The van der Waals surface area contributed by atoms with Crippen molar-refractivity contribution in [2.24, 2.45) is 0 Å². The molecule has 0 aromatic heterocycles. The first-order valence-electron chi connectivity index (χ1n) is 3.37. The van der Waals surface area contributed by atoms with Crippen LogP contribution in [0.4, 0.5) is 0 Å². The fourth-order valence-electron chi connectivity index (χ4n) is 0.628. The van der Waals surface area contributed by atoms with Gasteiger partial charge in [0.25, 0.3) is 0 Å². The van der Waals surface area contributed by atoms with Crippen LogP contribution in [-0.2, 0) is 8.26 Å². The third kappa shape index (κ3) is 7.50. The average Bonchev–Trinajstić information content (AvgIpc) is 2.05. The van der Waals surface area contributed by atoms with Crippen LogP contribution in [0, 0.1) is 6.92 Å². The van der Waals surface area contributed by atoms with Crippen molar-refractivity contribution in [3.63, 3.8) is 0 Å². The standard InChI is InChI=1S/C7H5Cl3.Cl2O2S/c1-4-5(8)2-3-6(9)7(4)10;1-5(2,3)4/h2-3H,1H3;. The smallest absolute Gasteiger partial charge is 0.195 e. The van der Waals surface area contributed by atoms with Crippen LogP contribution < -0.4 is 0 Å². The van der Waals surface area contributed by atoms with Crippen molar-refractivity contribution in [1.82, 2.24) is 0 Å². The Kier molecular flexibility index (Phi) is 6.64. The first-order valence-corrected chi connectivity index (χ1v) is 7.64. The SMILES string of the molecule is Cc1c(Cl)ccc(Cl)c1Cl.O=S(=O)(Cl)Cl. The molecule has 0 atom stereocenters. The lowest BCUT2D eigenvalue weighted by Crippen LogP contribution is -1.77. The summed E-state index contributed by atoms with van der Waals surface area (Å²) in [6, 6.07) is 3.41. The molecule has 0 aliphatic heterocycles. The summed E-state index contributed by atoms with van der Waals surface area (Å²) in [4.78, 5) is 0. The monoisotopic (exact) mass is 328 g/mol. The van der Waals surface area contributed by atoms with E-state index in [2.05, 4.69) is 21.4 Å². The molecule has 0 amide bonds. The van der Waals surface area contributed by atoms with Gasteiger partial charge in [-0.25, -0.2) is 0 Å². The van der Waals surface area contributed by atoms with Gasteiger partial charge in [-0.1, -0.05) is 34.8 Å². The summed E-state index contributed by atoms with van der Waals surface area (Å²) in [6.07, 6.45) is 0. The average molecular weight is 330 g/mol. The summed E-state index contributed by atoms with van der Waals surface area (Å²) >= 11 is 17.2. The summed E-state index contributed by atoms with van der Waals surface area (Å²) < 4.78 is 18.3. The van der Waals surface area contributed by atoms with Crippen LogP contribution in [0.2, 0.25) is 15.1 Å². The molecule has 0 N–H and O–H groups in total. The Morgan fingerprint density at radius 3 is 1.67 bits per heavy atom. The molecule has 86 valence electrons. The van der Waals surface area contributed by atoms with Crippen LogP contribution in [-0.4, -0.2) is 8.42 Å². The Bertz CT molecular complexity index is 408. The van der Waals surface area contributed by atoms with Gasteiger partial charge >= 0.3 is 8.26 Å². The fraction of sp³-hybridized carbons (Fsp3) is 0.143. The van der Waals surface area contributed by atoms with E-state index in [0.717, 1.165) is 5.56 Å². The van der Waals surface area contributed by atoms with E-state index in [1.807, 2.05) is 6.92 Å². The normalized spacial score (nSPS) is 10.5. The molecule has 0 saturated carbocycles. The zero-order valence-electron chi connectivity index (χ0n) is 7.27. The highest BCUT2D eigenvalue weighted by Gasteiger charge is 2.03. The molecule has 0 aliphatic carbocycles. The summed E-state index contributed by atoms with van der Waals surface area (Å²) in [7, 11) is 4.81. The van der Waals surface area contributed by atoms with Crippen LogP contribution in [0.3, 0.4) is 0 Å². The molecular weight excluding hydrogens is 325 g/mol. The third-order valence-corrected chi connectivity index (χ3v) is 2.58. The Balaban J connectivity index is 0.000000336. The number of halogens is 5. The highest BCUT2D eigenvalue weighted by Crippen LogP contribution is 2.29. The van der Waals surface area contributed by atoms with Gasteiger partial charge < -0.3 is 0 Å². The second kappa shape index (κ2) is 6.38. The lowest BCUT2D eigenvalue weighted by atomic mass is 10.2. The van der Waals surface area contributed by atoms with Crippen molar-refractivity contribution in [1.29, 1.82) is 0 Å². The maximum absolute atomic E-state index is 9.16. The van der Waals surface area contributed by atoms with E-state index < -0.39 is 8.26 Å². The van der Waals surface area contributed by atoms with Gasteiger partial charge in [0.15, 0.2) is 0 Å². The van der Waals surface area contributed by atoms with E-state index in [1.54, 1.807) is 12.1 Å². The van der Waals surface area contributed by atoms with Crippen molar-refractivity contribution in [2.45, 2.75) is 6.92 Å². The minimum Gasteiger partial charge on any atom is -0.195 e. The molecule has 0 aliphatic rings. The maximum Gasteiger partial charge on any atom is 0.317 e. The van der Waals surface area contributed by atoms with Crippen molar-refractivity contribution in [2.75, 3.05) is 0 Å². The van der Waals surface area contributed by atoms with Gasteiger partial charge in [0.2, 0.25) is 0 Å². The molecule has 1 rings (SSSR count). The van der Waals surface area contributed by atoms with Gasteiger partial charge in [-0.05, 0) is 24.6 Å². The molecule has 8 heteroatoms. The number of hydrogen-bond donors (Lipinski definition) is 0. The molecule has 0 radical (unpaired) electrons. The highest BCUT2D eigenvalue weighted by molar-refractivity contribution is 8.31. The molecule has 0 unspecified atom stereocenters. The van der Waals surface area contributed by atoms with Crippen LogP contribution in [0.1, 0.15) is 5.56 Å². The van der Waals surface area contributed by atoms with E-state index in [-0.39, 0.29) is 0 Å². The zero-order valence-corrected chi connectivity index (χ0v) is 11.9. The molecule has 0 saturated heterocycles. The summed E-state index contributed by atoms with van der Waals surface area (Å²) in [5.74, 6) is 0. The Morgan fingerprint density at radius 2 is 1.33 bits per heavy atom. The molecular formula is C7H5Cl5O2S. The Hall–Kier alpha value is 0.620. The van der Waals surface area contributed by atoms with Crippen molar-refractivity contribution < 1.29 is 8.42 Å². The fourth-order valence-corrected chi connectivity index (χ4v) is 1.20. The minimum absolute atomic E-state index is 0.536. The van der Waals surface area contributed by atoms with E-state index >= 15 is 0 Å². The van der Waals surface area contributed by atoms with Gasteiger partial charge in [0, 0.05) is 26.4 Å². The molecule has 15 heavy (non-hydrogen) atoms. The molecule has 1 aromatic rings. The zero-order chi connectivity index (χ0) is 12.2. The lowest BCUT2D eigenvalue weighted by Gasteiger charge is -2.00. The van der Waals surface area contributed by atoms with Crippen LogP contribution in [0.15, 0.2) is 12.1 Å². The van der Waals surface area contributed by atoms with E-state index in [4.69, 9.17) is 43.2 Å². The number of rotatable bonds is 0. The topological polar surface area (TPSA) is 34.1 Å². The highest BCUT2D eigenvalue weighted by atomic mass is 36.0. The Labute approximate surface area is 112 Å². The van der Waals surface area contributed by atoms with E-state index in [9.17, 15) is 0 Å². The van der Waals surface area contributed by atoms with E-state index in [0.29, 0.717) is 15.1 Å².